The Labute approximate surface area is 132 Å². The molecule has 2 nitrogen and oxygen atoms in total. The van der Waals surface area contributed by atoms with E-state index in [1.54, 1.807) is 0 Å². The summed E-state index contributed by atoms with van der Waals surface area (Å²) in [7, 11) is 0. The van der Waals surface area contributed by atoms with Crippen molar-refractivity contribution in [1.29, 1.82) is 0 Å². The van der Waals surface area contributed by atoms with E-state index in [4.69, 9.17) is 12.2 Å². The first-order valence-corrected chi connectivity index (χ1v) is 7.82. The molecule has 0 saturated heterocycles. The Morgan fingerprint density at radius 1 is 1.00 bits per heavy atom. The van der Waals surface area contributed by atoms with E-state index in [1.165, 1.54) is 24.0 Å². The average Bonchev–Trinajstić information content (AvgIpc) is 2.46. The molecular weight excluding hydrogens is 276 g/mol. The molecule has 0 aliphatic carbocycles. The average molecular weight is 298 g/mol. The molecule has 0 aliphatic rings. The summed E-state index contributed by atoms with van der Waals surface area (Å²) in [6, 6.07) is 16.6. The molecule has 2 N–H and O–H groups in total. The van der Waals surface area contributed by atoms with E-state index in [2.05, 4.69) is 60.9 Å². The molecule has 2 rings (SSSR count). The van der Waals surface area contributed by atoms with Gasteiger partial charge in [-0.05, 0) is 67.4 Å². The van der Waals surface area contributed by atoms with Crippen molar-refractivity contribution in [2.45, 2.75) is 33.1 Å². The van der Waals surface area contributed by atoms with E-state index in [0.29, 0.717) is 5.11 Å². The fourth-order valence-corrected chi connectivity index (χ4v) is 2.39. The molecule has 3 heteroatoms. The minimum Gasteiger partial charge on any atom is -0.332 e. The second kappa shape index (κ2) is 7.79. The highest BCUT2D eigenvalue weighted by Crippen LogP contribution is 2.13. The van der Waals surface area contributed by atoms with Gasteiger partial charge in [0.1, 0.15) is 0 Å². The third-order valence-electron chi connectivity index (χ3n) is 3.31. The van der Waals surface area contributed by atoms with Crippen LogP contribution in [0.1, 0.15) is 30.9 Å². The Balaban J connectivity index is 1.90. The molecule has 0 atom stereocenters. The molecule has 21 heavy (non-hydrogen) atoms. The molecule has 0 heterocycles. The van der Waals surface area contributed by atoms with Crippen molar-refractivity contribution in [3.8, 4) is 0 Å². The van der Waals surface area contributed by atoms with Gasteiger partial charge in [-0.2, -0.15) is 0 Å². The lowest BCUT2D eigenvalue weighted by Gasteiger charge is -2.11. The molecule has 0 bridgehead atoms. The number of nitrogens with one attached hydrogen (secondary N) is 2. The highest BCUT2D eigenvalue weighted by molar-refractivity contribution is 7.80. The van der Waals surface area contributed by atoms with Crippen LogP contribution in [0, 0.1) is 6.92 Å². The Morgan fingerprint density at radius 3 is 2.38 bits per heavy atom. The van der Waals surface area contributed by atoms with Crippen LogP contribution in [0.5, 0.6) is 0 Å². The summed E-state index contributed by atoms with van der Waals surface area (Å²) in [5.41, 5.74) is 4.61. The summed E-state index contributed by atoms with van der Waals surface area (Å²) >= 11 is 5.34. The lowest BCUT2D eigenvalue weighted by Crippen LogP contribution is -2.19. The van der Waals surface area contributed by atoms with Gasteiger partial charge >= 0.3 is 0 Å². The van der Waals surface area contributed by atoms with Crippen LogP contribution < -0.4 is 10.6 Å². The van der Waals surface area contributed by atoms with Crippen LogP contribution in [0.25, 0.3) is 0 Å². The number of unbranched alkanes of at least 4 members (excludes halogenated alkanes) is 1. The predicted molar refractivity (Wildman–Crippen MR) is 96.1 cm³/mol. The highest BCUT2D eigenvalue weighted by atomic mass is 32.1. The molecule has 0 aliphatic heterocycles. The molecule has 0 amide bonds. The fraction of sp³-hybridized carbons (Fsp3) is 0.278. The van der Waals surface area contributed by atoms with Crippen LogP contribution >= 0.6 is 12.2 Å². The Morgan fingerprint density at radius 2 is 1.71 bits per heavy atom. The number of hydrogen-bond donors (Lipinski definition) is 2. The topological polar surface area (TPSA) is 24.1 Å². The van der Waals surface area contributed by atoms with Gasteiger partial charge < -0.3 is 10.6 Å². The van der Waals surface area contributed by atoms with Gasteiger partial charge in [0.2, 0.25) is 0 Å². The molecule has 0 saturated carbocycles. The third-order valence-corrected chi connectivity index (χ3v) is 3.51. The summed E-state index contributed by atoms with van der Waals surface area (Å²) in [5.74, 6) is 0. The van der Waals surface area contributed by atoms with E-state index in [-0.39, 0.29) is 0 Å². The maximum atomic E-state index is 5.34. The molecule has 110 valence electrons. The van der Waals surface area contributed by atoms with Crippen LogP contribution in [-0.2, 0) is 6.42 Å². The molecule has 0 fully saturated rings. The third kappa shape index (κ3) is 5.20. The Bertz CT molecular complexity index is 590. The van der Waals surface area contributed by atoms with Crippen molar-refractivity contribution >= 4 is 28.7 Å². The van der Waals surface area contributed by atoms with Crippen LogP contribution in [-0.4, -0.2) is 5.11 Å². The van der Waals surface area contributed by atoms with Gasteiger partial charge in [-0.3, -0.25) is 0 Å². The predicted octanol–water partition coefficient (Wildman–Crippen LogP) is 5.15. The van der Waals surface area contributed by atoms with Crippen LogP contribution in [0.3, 0.4) is 0 Å². The molecule has 0 spiro atoms. The molecule has 0 radical (unpaired) electrons. The van der Waals surface area contributed by atoms with Gasteiger partial charge in [0.05, 0.1) is 0 Å². The number of thiocarbonyl (C=S) groups is 1. The smallest absolute Gasteiger partial charge is 0.175 e. The number of anilines is 2. The Kier molecular flexibility index (Phi) is 5.76. The monoisotopic (exact) mass is 298 g/mol. The number of rotatable bonds is 5. The van der Waals surface area contributed by atoms with Crippen molar-refractivity contribution < 1.29 is 0 Å². The van der Waals surface area contributed by atoms with E-state index < -0.39 is 0 Å². The summed E-state index contributed by atoms with van der Waals surface area (Å²) in [6.45, 7) is 4.28. The second-order valence-electron chi connectivity index (χ2n) is 5.25. The molecule has 0 unspecified atom stereocenters. The zero-order chi connectivity index (χ0) is 15.1. The minimum atomic E-state index is 0.613. The van der Waals surface area contributed by atoms with Crippen molar-refractivity contribution in [1.82, 2.24) is 0 Å². The maximum Gasteiger partial charge on any atom is 0.175 e. The largest absolute Gasteiger partial charge is 0.332 e. The molecular formula is C18H22N2S. The van der Waals surface area contributed by atoms with Crippen molar-refractivity contribution in [3.63, 3.8) is 0 Å². The first-order valence-electron chi connectivity index (χ1n) is 7.41. The van der Waals surface area contributed by atoms with E-state index in [1.807, 2.05) is 12.1 Å². The van der Waals surface area contributed by atoms with Crippen molar-refractivity contribution in [2.24, 2.45) is 0 Å². The summed E-state index contributed by atoms with van der Waals surface area (Å²) in [6.07, 6.45) is 3.60. The second-order valence-corrected chi connectivity index (χ2v) is 5.66. The number of aryl methyl sites for hydroxylation is 2. The SMILES string of the molecule is CCCCc1ccc(NC(=S)Nc2cccc(C)c2)cc1. The lowest BCUT2D eigenvalue weighted by molar-refractivity contribution is 0.795. The van der Waals surface area contributed by atoms with Crippen LogP contribution in [0.15, 0.2) is 48.5 Å². The highest BCUT2D eigenvalue weighted by Gasteiger charge is 2.00. The zero-order valence-corrected chi connectivity index (χ0v) is 13.5. The van der Waals surface area contributed by atoms with Crippen LogP contribution in [0.2, 0.25) is 0 Å². The molecule has 2 aromatic rings. The first kappa shape index (κ1) is 15.5. The number of hydrogen-bond acceptors (Lipinski definition) is 1. The standard InChI is InChI=1S/C18H22N2S/c1-3-4-7-15-9-11-16(12-10-15)19-18(21)20-17-8-5-6-14(2)13-17/h5-6,8-13H,3-4,7H2,1-2H3,(H2,19,20,21). The van der Waals surface area contributed by atoms with Crippen LogP contribution in [0.4, 0.5) is 11.4 Å². The van der Waals surface area contributed by atoms with Crippen molar-refractivity contribution in [3.05, 3.63) is 59.7 Å². The van der Waals surface area contributed by atoms with Gasteiger partial charge in [-0.25, -0.2) is 0 Å². The van der Waals surface area contributed by atoms with E-state index in [0.717, 1.165) is 17.8 Å². The maximum absolute atomic E-state index is 5.34. The quantitative estimate of drug-likeness (QED) is 0.747. The van der Waals surface area contributed by atoms with Gasteiger partial charge in [0.25, 0.3) is 0 Å². The van der Waals surface area contributed by atoms with Crippen molar-refractivity contribution in [2.75, 3.05) is 10.6 Å². The lowest BCUT2D eigenvalue weighted by atomic mass is 10.1. The first-order chi connectivity index (χ1) is 10.2. The molecule has 2 aromatic carbocycles. The number of benzene rings is 2. The summed E-state index contributed by atoms with van der Waals surface area (Å²) in [4.78, 5) is 0. The Hall–Kier alpha value is -1.87. The normalized spacial score (nSPS) is 10.2. The van der Waals surface area contributed by atoms with Gasteiger partial charge in [0, 0.05) is 11.4 Å². The van der Waals surface area contributed by atoms with Gasteiger partial charge in [-0.15, -0.1) is 0 Å². The van der Waals surface area contributed by atoms with E-state index >= 15 is 0 Å². The van der Waals surface area contributed by atoms with Gasteiger partial charge in [0.15, 0.2) is 5.11 Å². The molecule has 0 aromatic heterocycles. The summed E-state index contributed by atoms with van der Waals surface area (Å²) in [5, 5.41) is 7.03. The van der Waals surface area contributed by atoms with Gasteiger partial charge in [-0.1, -0.05) is 37.6 Å². The summed E-state index contributed by atoms with van der Waals surface area (Å²) < 4.78 is 0. The fourth-order valence-electron chi connectivity index (χ4n) is 2.15. The minimum absolute atomic E-state index is 0.613. The zero-order valence-electron chi connectivity index (χ0n) is 12.6. The van der Waals surface area contributed by atoms with E-state index in [9.17, 15) is 0 Å².